The molecular weight excluding hydrogens is 490 g/mol. The lowest BCUT2D eigenvalue weighted by atomic mass is 9.82. The summed E-state index contributed by atoms with van der Waals surface area (Å²) in [6.45, 7) is 6.90. The number of morpholine rings is 2. The van der Waals surface area contributed by atoms with E-state index in [0.717, 1.165) is 83.3 Å². The number of nitrogens with two attached hydrogens (primary N) is 1. The quantitative estimate of drug-likeness (QED) is 0.583. The van der Waals surface area contributed by atoms with Crippen LogP contribution in [0.15, 0.2) is 0 Å². The molecule has 6 fully saturated rings. The molecule has 0 radical (unpaired) electrons. The van der Waals surface area contributed by atoms with Crippen molar-refractivity contribution in [2.45, 2.75) is 102 Å². The highest BCUT2D eigenvalue weighted by atomic mass is 35.5. The molecule has 2 N–H and O–H groups in total. The molecule has 0 unspecified atom stereocenters. The molecule has 6 aliphatic rings. The van der Waals surface area contributed by atoms with Gasteiger partial charge in [0.1, 0.15) is 0 Å². The molecule has 7 nitrogen and oxygen atoms in total. The molecule has 4 saturated carbocycles. The first-order chi connectivity index (χ1) is 17.5. The van der Waals surface area contributed by atoms with Crippen molar-refractivity contribution >= 4 is 24.2 Å². The van der Waals surface area contributed by atoms with Crippen LogP contribution in [0.25, 0.3) is 0 Å². The molecule has 0 spiro atoms. The smallest absolute Gasteiger partial charge is 0.226 e. The zero-order valence-electron chi connectivity index (χ0n) is 22.9. The Hall–Kier alpha value is -0.890. The minimum atomic E-state index is 0. The second-order valence-corrected chi connectivity index (χ2v) is 12.6. The number of halogens is 1. The SMILES string of the molecule is CC1CCC(C(=O)N2CCOC[C@@H]2C2CC2)CC1.Cl.NC1CCC(C(=O)N2CCOC[C@@H]2C2CC2)CC1. The monoisotopic (exact) mass is 539 g/mol. The van der Waals surface area contributed by atoms with Crippen molar-refractivity contribution in [2.75, 3.05) is 39.5 Å². The molecule has 37 heavy (non-hydrogen) atoms. The summed E-state index contributed by atoms with van der Waals surface area (Å²) in [6, 6.07) is 1.07. The van der Waals surface area contributed by atoms with E-state index < -0.39 is 0 Å². The van der Waals surface area contributed by atoms with E-state index in [2.05, 4.69) is 16.7 Å². The third-order valence-corrected chi connectivity index (χ3v) is 9.72. The molecule has 0 aromatic heterocycles. The second-order valence-electron chi connectivity index (χ2n) is 12.6. The van der Waals surface area contributed by atoms with Crippen molar-refractivity contribution in [2.24, 2.45) is 35.3 Å². The summed E-state index contributed by atoms with van der Waals surface area (Å²) >= 11 is 0. The third kappa shape index (κ3) is 7.61. The highest BCUT2D eigenvalue weighted by Gasteiger charge is 2.42. The van der Waals surface area contributed by atoms with Crippen LogP contribution in [0, 0.1) is 29.6 Å². The molecular formula is C29H50ClN3O4. The van der Waals surface area contributed by atoms with Gasteiger partial charge in [-0.1, -0.05) is 6.92 Å². The van der Waals surface area contributed by atoms with E-state index in [9.17, 15) is 9.59 Å². The highest BCUT2D eigenvalue weighted by molar-refractivity contribution is 5.85. The van der Waals surface area contributed by atoms with Crippen molar-refractivity contribution in [1.82, 2.24) is 9.80 Å². The van der Waals surface area contributed by atoms with Gasteiger partial charge >= 0.3 is 0 Å². The van der Waals surface area contributed by atoms with Gasteiger partial charge in [-0.25, -0.2) is 0 Å². The molecule has 2 saturated heterocycles. The lowest BCUT2D eigenvalue weighted by Gasteiger charge is -2.39. The molecule has 2 heterocycles. The van der Waals surface area contributed by atoms with Crippen molar-refractivity contribution in [1.29, 1.82) is 0 Å². The fourth-order valence-electron chi connectivity index (χ4n) is 6.88. The predicted molar refractivity (Wildman–Crippen MR) is 146 cm³/mol. The van der Waals surface area contributed by atoms with Gasteiger partial charge in [-0.3, -0.25) is 9.59 Å². The van der Waals surface area contributed by atoms with E-state index in [1.165, 1.54) is 38.5 Å². The second kappa shape index (κ2) is 13.5. The van der Waals surface area contributed by atoms with E-state index in [0.29, 0.717) is 48.4 Å². The Morgan fingerprint density at radius 3 is 1.46 bits per heavy atom. The molecule has 0 aromatic rings. The number of carbonyl (C=O) groups is 2. The van der Waals surface area contributed by atoms with E-state index in [1.54, 1.807) is 0 Å². The first-order valence-corrected chi connectivity index (χ1v) is 15.0. The first-order valence-electron chi connectivity index (χ1n) is 15.0. The molecule has 0 aromatic carbocycles. The number of carbonyl (C=O) groups excluding carboxylic acids is 2. The zero-order chi connectivity index (χ0) is 25.1. The van der Waals surface area contributed by atoms with Crippen molar-refractivity contribution in [3.63, 3.8) is 0 Å². The summed E-state index contributed by atoms with van der Waals surface area (Å²) in [5, 5.41) is 0. The average Bonchev–Trinajstić information content (AvgIpc) is 3.83. The standard InChI is InChI=1S/C15H25NO2.C14H24N2O2.ClH/c1-11-2-4-13(5-3-11)15(17)16-8-9-18-10-14(16)12-6-7-12;15-12-5-3-11(4-6-12)14(17)16-7-8-18-9-13(16)10-1-2-10;/h11-14H,2-10H2,1H3;10-13H,1-9,15H2;1H/t11?,13?,14-;11?,12?,13-;/m11./s1. The van der Waals surface area contributed by atoms with Crippen molar-refractivity contribution in [3.05, 3.63) is 0 Å². The molecule has 0 bridgehead atoms. The molecule has 212 valence electrons. The van der Waals surface area contributed by atoms with Gasteiger partial charge in [0.2, 0.25) is 11.8 Å². The third-order valence-electron chi connectivity index (χ3n) is 9.72. The zero-order valence-corrected chi connectivity index (χ0v) is 23.7. The Morgan fingerprint density at radius 1 is 0.649 bits per heavy atom. The summed E-state index contributed by atoms with van der Waals surface area (Å²) in [7, 11) is 0. The van der Waals surface area contributed by atoms with E-state index in [4.69, 9.17) is 15.2 Å². The van der Waals surface area contributed by atoms with Gasteiger partial charge in [0.15, 0.2) is 0 Å². The van der Waals surface area contributed by atoms with Crippen LogP contribution in [-0.2, 0) is 19.1 Å². The fourth-order valence-corrected chi connectivity index (χ4v) is 6.88. The Morgan fingerprint density at radius 2 is 1.05 bits per heavy atom. The molecule has 2 amide bonds. The van der Waals surface area contributed by atoms with Crippen LogP contribution in [0.1, 0.15) is 84.0 Å². The van der Waals surface area contributed by atoms with E-state index >= 15 is 0 Å². The molecule has 8 heteroatoms. The Bertz CT molecular complexity index is 683. The van der Waals surface area contributed by atoms with Crippen LogP contribution in [-0.4, -0.2) is 79.3 Å². The number of amides is 2. The van der Waals surface area contributed by atoms with Gasteiger partial charge in [-0.15, -0.1) is 12.4 Å². The van der Waals surface area contributed by atoms with Crippen LogP contribution in [0.5, 0.6) is 0 Å². The topological polar surface area (TPSA) is 85.1 Å². The Kier molecular flexibility index (Phi) is 10.6. The van der Waals surface area contributed by atoms with Gasteiger partial charge in [0, 0.05) is 31.0 Å². The van der Waals surface area contributed by atoms with Gasteiger partial charge in [0.05, 0.1) is 38.5 Å². The summed E-state index contributed by atoms with van der Waals surface area (Å²) in [6.07, 6.45) is 13.8. The van der Waals surface area contributed by atoms with Gasteiger partial charge in [0.25, 0.3) is 0 Å². The number of hydrogen-bond donors (Lipinski definition) is 1. The number of ether oxygens (including phenoxy) is 2. The summed E-state index contributed by atoms with van der Waals surface area (Å²) in [4.78, 5) is 29.6. The summed E-state index contributed by atoms with van der Waals surface area (Å²) < 4.78 is 11.1. The van der Waals surface area contributed by atoms with Crippen molar-refractivity contribution < 1.29 is 19.1 Å². The van der Waals surface area contributed by atoms with Crippen LogP contribution >= 0.6 is 12.4 Å². The van der Waals surface area contributed by atoms with Crippen molar-refractivity contribution in [3.8, 4) is 0 Å². The van der Waals surface area contributed by atoms with Crippen LogP contribution < -0.4 is 5.73 Å². The largest absolute Gasteiger partial charge is 0.377 e. The number of hydrogen-bond acceptors (Lipinski definition) is 5. The summed E-state index contributed by atoms with van der Waals surface area (Å²) in [5.74, 6) is 3.60. The molecule has 2 aliphatic heterocycles. The minimum absolute atomic E-state index is 0. The fraction of sp³-hybridized carbons (Fsp3) is 0.931. The average molecular weight is 540 g/mol. The first kappa shape index (κ1) is 29.1. The number of rotatable bonds is 4. The normalized spacial score (nSPS) is 36.6. The Labute approximate surface area is 229 Å². The van der Waals surface area contributed by atoms with E-state index in [-0.39, 0.29) is 18.3 Å². The van der Waals surface area contributed by atoms with Gasteiger partial charge in [-0.2, -0.15) is 0 Å². The predicted octanol–water partition coefficient (Wildman–Crippen LogP) is 4.01. The van der Waals surface area contributed by atoms with E-state index in [1.807, 2.05) is 0 Å². The Balaban J connectivity index is 0.000000168. The van der Waals surface area contributed by atoms with Crippen LogP contribution in [0.3, 0.4) is 0 Å². The van der Waals surface area contributed by atoms with Crippen LogP contribution in [0.2, 0.25) is 0 Å². The van der Waals surface area contributed by atoms with Gasteiger partial charge in [-0.05, 0) is 94.8 Å². The maximum atomic E-state index is 12.7. The lowest BCUT2D eigenvalue weighted by Crippen LogP contribution is -2.52. The lowest BCUT2D eigenvalue weighted by molar-refractivity contribution is -0.147. The van der Waals surface area contributed by atoms with Gasteiger partial charge < -0.3 is 25.0 Å². The minimum Gasteiger partial charge on any atom is -0.377 e. The maximum Gasteiger partial charge on any atom is 0.226 e. The maximum absolute atomic E-state index is 12.7. The summed E-state index contributed by atoms with van der Waals surface area (Å²) in [5.41, 5.74) is 5.92. The number of nitrogens with zero attached hydrogens (tertiary/aromatic N) is 2. The molecule has 6 rings (SSSR count). The molecule has 4 aliphatic carbocycles. The molecule has 2 atom stereocenters. The highest BCUT2D eigenvalue weighted by Crippen LogP contribution is 2.39. The van der Waals surface area contributed by atoms with Crippen LogP contribution in [0.4, 0.5) is 0 Å².